The van der Waals surface area contributed by atoms with Crippen LogP contribution in [0.15, 0.2) is 76.5 Å². The normalized spacial score (nSPS) is 16.8. The topological polar surface area (TPSA) is 334 Å². The van der Waals surface area contributed by atoms with E-state index in [0.29, 0.717) is 17.5 Å². The SMILES string of the molecule is CCCCCCCCCCCCCCCCOC(=O)Oc1ccc(COP(=O)(OCc2ccc(OC(=O)CC)cc2)OP(=O)(O)OP(=O)(O)OC[C@@H]2C=C[C@H](n3cc(C)c(=O)[nH]c3=O)O2)cc1.N.N. The lowest BCUT2D eigenvalue weighted by Gasteiger charge is -2.22. The van der Waals surface area contributed by atoms with Gasteiger partial charge in [-0.15, -0.1) is 0 Å². The molecule has 5 atom stereocenters. The minimum absolute atomic E-state index is 0. The molecule has 0 fully saturated rings. The fraction of sp³-hybridized carbons (Fsp3) is 0.545. The summed E-state index contributed by atoms with van der Waals surface area (Å²) in [4.78, 5) is 70.9. The lowest BCUT2D eigenvalue weighted by molar-refractivity contribution is -0.134. The summed E-state index contributed by atoms with van der Waals surface area (Å²) in [6.07, 6.45) is 18.0. The monoisotopic (exact) mass is 1030 g/mol. The standard InChI is InChI=1S/C44H63N2O18P3.2H3N/c1-4-6-7-8-9-10-11-12-13-14-15-16-17-18-29-56-44(50)62-38-25-21-36(22-26-38)32-59-67(55,58-31-35-19-23-37(24-20-35)61-41(47)5-2)64-66(53,54)63-65(51,52)57-33-39-27-28-40(60-39)46-30-34(3)42(48)45-43(46)49;;/h19-28,30,39-40H,4-18,29,31-33H2,1-3H3,(H,51,52)(H,53,54)(H,45,48,49);2*1H3/t39-,40+,67?;;/m0../s1. The number of aromatic nitrogens is 2. The highest BCUT2D eigenvalue weighted by Crippen LogP contribution is 2.69. The maximum absolute atomic E-state index is 13.9. The Balaban J connectivity index is 0.00000817. The van der Waals surface area contributed by atoms with E-state index in [1.807, 2.05) is 0 Å². The van der Waals surface area contributed by atoms with Crippen LogP contribution in [0.5, 0.6) is 11.5 Å². The Morgan fingerprint density at radius 2 is 1.19 bits per heavy atom. The third-order valence-electron chi connectivity index (χ3n) is 10.1. The lowest BCUT2D eigenvalue weighted by atomic mass is 10.0. The zero-order valence-electron chi connectivity index (χ0n) is 39.6. The molecule has 0 saturated heterocycles. The van der Waals surface area contributed by atoms with Crippen molar-refractivity contribution in [1.29, 1.82) is 0 Å². The van der Waals surface area contributed by atoms with Crippen molar-refractivity contribution in [2.45, 2.75) is 143 Å². The molecule has 0 saturated carbocycles. The molecule has 0 spiro atoms. The van der Waals surface area contributed by atoms with Crippen LogP contribution in [0.2, 0.25) is 0 Å². The van der Waals surface area contributed by atoms with E-state index in [0.717, 1.165) is 23.8 Å². The Bertz CT molecular complexity index is 2310. The average Bonchev–Trinajstić information content (AvgIpc) is 3.76. The van der Waals surface area contributed by atoms with E-state index in [4.69, 9.17) is 36.8 Å². The smallest absolute Gasteiger partial charge is 0.434 e. The number of hydrogen-bond donors (Lipinski definition) is 5. The Morgan fingerprint density at radius 1 is 0.681 bits per heavy atom. The van der Waals surface area contributed by atoms with Gasteiger partial charge in [-0.2, -0.15) is 8.62 Å². The number of nitrogens with one attached hydrogen (secondary N) is 1. The molecule has 1 aromatic heterocycles. The maximum Gasteiger partial charge on any atom is 0.513 e. The van der Waals surface area contributed by atoms with Gasteiger partial charge >= 0.3 is 41.3 Å². The molecule has 3 aromatic rings. The lowest BCUT2D eigenvalue weighted by Crippen LogP contribution is -2.33. The van der Waals surface area contributed by atoms with Gasteiger partial charge in [-0.3, -0.25) is 32.7 Å². The Labute approximate surface area is 402 Å². The molecule has 1 aliphatic rings. The molecular weight excluding hydrogens is 965 g/mol. The van der Waals surface area contributed by atoms with Gasteiger partial charge in [0, 0.05) is 18.2 Å². The van der Waals surface area contributed by atoms with Crippen molar-refractivity contribution in [3.63, 3.8) is 0 Å². The number of benzene rings is 2. The van der Waals surface area contributed by atoms with Gasteiger partial charge in [0.2, 0.25) is 0 Å². The van der Waals surface area contributed by atoms with Crippen molar-refractivity contribution in [3.05, 3.63) is 104 Å². The van der Waals surface area contributed by atoms with Gasteiger partial charge in [0.05, 0.1) is 26.4 Å². The van der Waals surface area contributed by atoms with Gasteiger partial charge in [-0.25, -0.2) is 23.3 Å². The minimum atomic E-state index is -5.81. The fourth-order valence-electron chi connectivity index (χ4n) is 6.46. The number of hydrogen-bond acceptors (Lipinski definition) is 18. The molecule has 2 aromatic carbocycles. The molecule has 0 amide bonds. The zero-order valence-corrected chi connectivity index (χ0v) is 42.3. The van der Waals surface area contributed by atoms with Gasteiger partial charge in [-0.05, 0) is 54.8 Å². The van der Waals surface area contributed by atoms with Crippen molar-refractivity contribution in [3.8, 4) is 11.5 Å². The summed E-state index contributed by atoms with van der Waals surface area (Å²) in [5, 5.41) is 0. The zero-order chi connectivity index (χ0) is 48.7. The predicted octanol–water partition coefficient (Wildman–Crippen LogP) is 10.7. The van der Waals surface area contributed by atoms with E-state index in [-0.39, 0.29) is 42.4 Å². The van der Waals surface area contributed by atoms with Gasteiger partial charge in [0.25, 0.3) is 5.56 Å². The average molecular weight is 1030 g/mol. The van der Waals surface area contributed by atoms with Crippen molar-refractivity contribution in [2.75, 3.05) is 13.2 Å². The molecule has 3 unspecified atom stereocenters. The molecule has 9 N–H and O–H groups in total. The van der Waals surface area contributed by atoms with Crippen LogP contribution in [0.4, 0.5) is 4.79 Å². The molecule has 69 heavy (non-hydrogen) atoms. The first-order valence-electron chi connectivity index (χ1n) is 22.5. The molecule has 0 radical (unpaired) electrons. The number of esters is 1. The number of phosphoric acid groups is 3. The van der Waals surface area contributed by atoms with Crippen LogP contribution >= 0.6 is 23.5 Å². The van der Waals surface area contributed by atoms with Crippen molar-refractivity contribution < 1.29 is 74.2 Å². The van der Waals surface area contributed by atoms with Crippen LogP contribution in [-0.4, -0.2) is 50.8 Å². The molecule has 0 aliphatic carbocycles. The largest absolute Gasteiger partial charge is 0.513 e. The van der Waals surface area contributed by atoms with Crippen LogP contribution in [0.25, 0.3) is 0 Å². The maximum atomic E-state index is 13.9. The van der Waals surface area contributed by atoms with E-state index in [9.17, 15) is 42.7 Å². The molecule has 1 aliphatic heterocycles. The highest BCUT2D eigenvalue weighted by Gasteiger charge is 2.44. The number of rotatable bonds is 32. The summed E-state index contributed by atoms with van der Waals surface area (Å²) in [6.45, 7) is 3.65. The number of phosphoric ester groups is 2. The molecule has 25 heteroatoms. The van der Waals surface area contributed by atoms with Gasteiger partial charge in [-0.1, -0.05) is 128 Å². The second-order valence-electron chi connectivity index (χ2n) is 15.7. The van der Waals surface area contributed by atoms with E-state index in [1.165, 1.54) is 138 Å². The first kappa shape index (κ1) is 61.0. The number of aryl methyl sites for hydroxylation is 1. The number of H-pyrrole nitrogens is 1. The first-order valence-corrected chi connectivity index (χ1v) is 26.9. The molecule has 22 nitrogen and oxygen atoms in total. The number of aromatic amines is 1. The highest BCUT2D eigenvalue weighted by molar-refractivity contribution is 7.67. The van der Waals surface area contributed by atoms with Crippen LogP contribution < -0.4 is 33.0 Å². The first-order chi connectivity index (χ1) is 32.0. The fourth-order valence-corrected chi connectivity index (χ4v) is 10.5. The van der Waals surface area contributed by atoms with Gasteiger partial charge in [0.15, 0.2) is 6.23 Å². The third-order valence-corrected chi connectivity index (χ3v) is 14.7. The molecule has 0 bridgehead atoms. The van der Waals surface area contributed by atoms with Crippen LogP contribution in [-0.2, 0) is 63.4 Å². The van der Waals surface area contributed by atoms with Gasteiger partial charge in [0.1, 0.15) is 17.6 Å². The van der Waals surface area contributed by atoms with E-state index < -0.39 is 79.0 Å². The number of nitrogens with zero attached hydrogens (tertiary/aromatic N) is 1. The third kappa shape index (κ3) is 23.6. The second-order valence-corrected chi connectivity index (χ2v) is 20.6. The quantitative estimate of drug-likeness (QED) is 0.00968. The number of unbranched alkanes of at least 4 members (excludes halogenated alkanes) is 13. The van der Waals surface area contributed by atoms with Crippen molar-refractivity contribution >= 4 is 35.6 Å². The van der Waals surface area contributed by atoms with Crippen LogP contribution in [0.1, 0.15) is 133 Å². The van der Waals surface area contributed by atoms with Crippen molar-refractivity contribution in [1.82, 2.24) is 21.9 Å². The molecule has 4 rings (SSSR count). The Morgan fingerprint density at radius 3 is 1.71 bits per heavy atom. The number of carbonyl (C=O) groups excluding carboxylic acids is 2. The summed E-state index contributed by atoms with van der Waals surface area (Å²) < 4.78 is 86.8. The summed E-state index contributed by atoms with van der Waals surface area (Å²) in [5.74, 6) is -0.151. The Kier molecular flexibility index (Phi) is 27.7. The van der Waals surface area contributed by atoms with E-state index >= 15 is 0 Å². The summed E-state index contributed by atoms with van der Waals surface area (Å²) in [5.41, 5.74) is -0.545. The van der Waals surface area contributed by atoms with Crippen LogP contribution in [0.3, 0.4) is 0 Å². The van der Waals surface area contributed by atoms with Crippen LogP contribution in [0, 0.1) is 6.92 Å². The molecule has 388 valence electrons. The predicted molar refractivity (Wildman–Crippen MR) is 255 cm³/mol. The number of ether oxygens (including phenoxy) is 4. The van der Waals surface area contributed by atoms with E-state index in [2.05, 4.69) is 16.2 Å². The minimum Gasteiger partial charge on any atom is -0.434 e. The molecule has 2 heterocycles. The summed E-state index contributed by atoms with van der Waals surface area (Å²) in [6, 6.07) is 11.4. The highest BCUT2D eigenvalue weighted by atomic mass is 31.3. The summed E-state index contributed by atoms with van der Waals surface area (Å²) >= 11 is 0. The van der Waals surface area contributed by atoms with Crippen molar-refractivity contribution in [2.24, 2.45) is 0 Å². The Hall–Kier alpha value is -4.11. The number of carbonyl (C=O) groups is 2. The van der Waals surface area contributed by atoms with Gasteiger partial charge < -0.3 is 41.0 Å². The summed E-state index contributed by atoms with van der Waals surface area (Å²) in [7, 11) is -16.5. The molecular formula is C44H69N4O18P3. The van der Waals surface area contributed by atoms with E-state index in [1.54, 1.807) is 6.92 Å². The second kappa shape index (κ2) is 31.3.